The van der Waals surface area contributed by atoms with Crippen molar-refractivity contribution >= 4 is 5.69 Å². The molecule has 0 radical (unpaired) electrons. The van der Waals surface area contributed by atoms with Gasteiger partial charge in [0, 0.05) is 5.69 Å². The third-order valence-electron chi connectivity index (χ3n) is 3.15. The van der Waals surface area contributed by atoms with Gasteiger partial charge in [-0.2, -0.15) is 0 Å². The summed E-state index contributed by atoms with van der Waals surface area (Å²) in [6.45, 7) is 4.20. The molecule has 2 nitrogen and oxygen atoms in total. The highest BCUT2D eigenvalue weighted by Gasteiger charge is 2.26. The predicted octanol–water partition coefficient (Wildman–Crippen LogP) is 3.05. The van der Waals surface area contributed by atoms with Crippen molar-refractivity contribution in [1.82, 2.24) is 5.32 Å². The van der Waals surface area contributed by atoms with Crippen LogP contribution in [0.1, 0.15) is 25.3 Å². The second-order valence-electron chi connectivity index (χ2n) is 4.68. The van der Waals surface area contributed by atoms with Gasteiger partial charge in [0.15, 0.2) is 6.30 Å². The monoisotopic (exact) mass is 222 g/mol. The zero-order valence-electron chi connectivity index (χ0n) is 9.83. The molecule has 1 aliphatic heterocycles. The Kier molecular flexibility index (Phi) is 3.44. The molecule has 2 rings (SSSR count). The van der Waals surface area contributed by atoms with Crippen LogP contribution in [0, 0.1) is 12.8 Å². The summed E-state index contributed by atoms with van der Waals surface area (Å²) in [4.78, 5) is 0. The minimum Gasteiger partial charge on any atom is -0.369 e. The highest BCUT2D eigenvalue weighted by Crippen LogP contribution is 2.22. The number of rotatable bonds is 2. The smallest absolute Gasteiger partial charge is 0.152 e. The van der Waals surface area contributed by atoms with Gasteiger partial charge in [0.2, 0.25) is 0 Å². The first-order valence-electron chi connectivity index (χ1n) is 5.88. The lowest BCUT2D eigenvalue weighted by atomic mass is 9.97. The summed E-state index contributed by atoms with van der Waals surface area (Å²) in [6.07, 6.45) is 0.703. The summed E-state index contributed by atoms with van der Waals surface area (Å²) >= 11 is 0. The number of hydrogen-bond donors (Lipinski definition) is 2. The van der Waals surface area contributed by atoms with Crippen LogP contribution in [0.4, 0.5) is 10.1 Å². The molecule has 2 N–H and O–H groups in total. The fourth-order valence-corrected chi connectivity index (χ4v) is 2.12. The molecule has 1 aromatic carbocycles. The first kappa shape index (κ1) is 11.4. The van der Waals surface area contributed by atoms with Crippen molar-refractivity contribution in [3.05, 3.63) is 29.8 Å². The SMILES string of the molecule is Cc1cccc(NC2NC(F)CCC2C)c1. The molecule has 16 heavy (non-hydrogen) atoms. The first-order chi connectivity index (χ1) is 7.65. The number of hydrogen-bond acceptors (Lipinski definition) is 2. The van der Waals surface area contributed by atoms with Crippen molar-refractivity contribution in [3.8, 4) is 0 Å². The Hall–Kier alpha value is -1.09. The number of nitrogens with one attached hydrogen (secondary N) is 2. The third kappa shape index (κ3) is 2.73. The van der Waals surface area contributed by atoms with Crippen LogP contribution in [-0.4, -0.2) is 12.5 Å². The standard InChI is InChI=1S/C13H19FN2/c1-9-4-3-5-11(8-9)15-13-10(2)6-7-12(14)16-13/h3-5,8,10,12-13,15-16H,6-7H2,1-2H3. The maximum atomic E-state index is 13.2. The van der Waals surface area contributed by atoms with Crippen molar-refractivity contribution in [2.24, 2.45) is 5.92 Å². The van der Waals surface area contributed by atoms with Gasteiger partial charge in [-0.15, -0.1) is 0 Å². The van der Waals surface area contributed by atoms with Crippen molar-refractivity contribution in [2.75, 3.05) is 5.32 Å². The molecule has 3 heteroatoms. The molecular weight excluding hydrogens is 203 g/mol. The van der Waals surface area contributed by atoms with Gasteiger partial charge in [0.05, 0.1) is 6.17 Å². The molecule has 0 saturated carbocycles. The van der Waals surface area contributed by atoms with Crippen molar-refractivity contribution < 1.29 is 4.39 Å². The molecule has 1 saturated heterocycles. The second-order valence-corrected chi connectivity index (χ2v) is 4.68. The number of alkyl halides is 1. The molecule has 1 aromatic rings. The van der Waals surface area contributed by atoms with E-state index in [9.17, 15) is 4.39 Å². The largest absolute Gasteiger partial charge is 0.369 e. The van der Waals surface area contributed by atoms with E-state index in [1.807, 2.05) is 12.1 Å². The van der Waals surface area contributed by atoms with E-state index < -0.39 is 6.30 Å². The molecule has 1 aliphatic rings. The number of piperidine rings is 1. The molecule has 3 unspecified atom stereocenters. The van der Waals surface area contributed by atoms with Gasteiger partial charge in [0.25, 0.3) is 0 Å². The van der Waals surface area contributed by atoms with E-state index >= 15 is 0 Å². The molecule has 0 aromatic heterocycles. The van der Waals surface area contributed by atoms with Gasteiger partial charge in [-0.25, -0.2) is 4.39 Å². The molecule has 3 atom stereocenters. The Bertz CT molecular complexity index is 354. The Morgan fingerprint density at radius 2 is 2.19 bits per heavy atom. The average Bonchev–Trinajstić information content (AvgIpc) is 2.24. The normalized spacial score (nSPS) is 30.1. The average molecular weight is 222 g/mol. The Labute approximate surface area is 96.2 Å². The van der Waals surface area contributed by atoms with E-state index in [1.165, 1.54) is 5.56 Å². The van der Waals surface area contributed by atoms with Crippen molar-refractivity contribution in [1.29, 1.82) is 0 Å². The Morgan fingerprint density at radius 1 is 1.38 bits per heavy atom. The van der Waals surface area contributed by atoms with Gasteiger partial charge < -0.3 is 5.32 Å². The molecule has 1 heterocycles. The highest BCUT2D eigenvalue weighted by atomic mass is 19.1. The third-order valence-corrected chi connectivity index (χ3v) is 3.15. The van der Waals surface area contributed by atoms with Crippen LogP contribution in [0.15, 0.2) is 24.3 Å². The van der Waals surface area contributed by atoms with Crippen LogP contribution in [0.25, 0.3) is 0 Å². The minimum atomic E-state index is -0.876. The predicted molar refractivity (Wildman–Crippen MR) is 65.0 cm³/mol. The first-order valence-corrected chi connectivity index (χ1v) is 5.88. The molecule has 0 bridgehead atoms. The Morgan fingerprint density at radius 3 is 2.94 bits per heavy atom. The molecule has 0 spiro atoms. The quantitative estimate of drug-likeness (QED) is 0.751. The van der Waals surface area contributed by atoms with Crippen LogP contribution in [0.3, 0.4) is 0 Å². The zero-order chi connectivity index (χ0) is 11.5. The molecule has 88 valence electrons. The zero-order valence-corrected chi connectivity index (χ0v) is 9.83. The molecule has 0 amide bonds. The van der Waals surface area contributed by atoms with Crippen LogP contribution >= 0.6 is 0 Å². The molecular formula is C13H19FN2. The van der Waals surface area contributed by atoms with Crippen LogP contribution < -0.4 is 10.6 Å². The Balaban J connectivity index is 2.02. The van der Waals surface area contributed by atoms with Crippen LogP contribution in [-0.2, 0) is 0 Å². The van der Waals surface area contributed by atoms with E-state index in [4.69, 9.17) is 0 Å². The van der Waals surface area contributed by atoms with Crippen molar-refractivity contribution in [2.45, 2.75) is 39.2 Å². The summed E-state index contributed by atoms with van der Waals surface area (Å²) in [5.74, 6) is 0.451. The van der Waals surface area contributed by atoms with Crippen LogP contribution in [0.2, 0.25) is 0 Å². The number of benzene rings is 1. The molecule has 1 fully saturated rings. The van der Waals surface area contributed by atoms with Gasteiger partial charge in [0.1, 0.15) is 0 Å². The summed E-state index contributed by atoms with van der Waals surface area (Å²) in [5, 5.41) is 6.31. The lowest BCUT2D eigenvalue weighted by Gasteiger charge is -2.33. The van der Waals surface area contributed by atoms with E-state index in [1.54, 1.807) is 0 Å². The summed E-state index contributed by atoms with van der Waals surface area (Å²) in [7, 11) is 0. The second kappa shape index (κ2) is 4.83. The van der Waals surface area contributed by atoms with Gasteiger partial charge in [-0.3, -0.25) is 5.32 Å². The summed E-state index contributed by atoms with van der Waals surface area (Å²) in [6, 6.07) is 8.17. The van der Waals surface area contributed by atoms with E-state index in [0.29, 0.717) is 12.3 Å². The number of aryl methyl sites for hydroxylation is 1. The minimum absolute atomic E-state index is 0.0329. The fraction of sp³-hybridized carbons (Fsp3) is 0.538. The van der Waals surface area contributed by atoms with Crippen molar-refractivity contribution in [3.63, 3.8) is 0 Å². The molecule has 0 aliphatic carbocycles. The summed E-state index contributed by atoms with van der Waals surface area (Å²) in [5.41, 5.74) is 2.27. The van der Waals surface area contributed by atoms with Gasteiger partial charge in [-0.05, 0) is 43.4 Å². The number of halogens is 1. The maximum Gasteiger partial charge on any atom is 0.152 e. The topological polar surface area (TPSA) is 24.1 Å². The van der Waals surface area contributed by atoms with Gasteiger partial charge >= 0.3 is 0 Å². The maximum absolute atomic E-state index is 13.2. The highest BCUT2D eigenvalue weighted by molar-refractivity contribution is 5.46. The lowest BCUT2D eigenvalue weighted by molar-refractivity contribution is 0.158. The number of anilines is 1. The van der Waals surface area contributed by atoms with E-state index in [2.05, 4.69) is 36.6 Å². The van der Waals surface area contributed by atoms with Gasteiger partial charge in [-0.1, -0.05) is 19.1 Å². The van der Waals surface area contributed by atoms with E-state index in [-0.39, 0.29) is 6.17 Å². The summed E-state index contributed by atoms with van der Waals surface area (Å²) < 4.78 is 13.2. The van der Waals surface area contributed by atoms with E-state index in [0.717, 1.165) is 12.1 Å². The lowest BCUT2D eigenvalue weighted by Crippen LogP contribution is -2.49. The fourth-order valence-electron chi connectivity index (χ4n) is 2.12. The van der Waals surface area contributed by atoms with Crippen LogP contribution in [0.5, 0.6) is 0 Å².